The van der Waals surface area contributed by atoms with E-state index in [2.05, 4.69) is 15.0 Å². The van der Waals surface area contributed by atoms with Crippen molar-refractivity contribution in [2.24, 2.45) is 0 Å². The maximum atomic E-state index is 11.7. The van der Waals surface area contributed by atoms with Gasteiger partial charge in [-0.15, -0.1) is 0 Å². The molecule has 0 aromatic carbocycles. The largest absolute Gasteiger partial charge is 0.463 e. The summed E-state index contributed by atoms with van der Waals surface area (Å²) in [5.41, 5.74) is 5.79. The SMILES string of the molecule is CCCCOc1nc(N)c2[nH]c(=O)n(C(C)O)c2n1. The molecule has 8 nitrogen and oxygen atoms in total. The monoisotopic (exact) mass is 267 g/mol. The van der Waals surface area contributed by atoms with Crippen molar-refractivity contribution in [2.75, 3.05) is 12.3 Å². The Labute approximate surface area is 109 Å². The van der Waals surface area contributed by atoms with Crippen molar-refractivity contribution in [3.05, 3.63) is 10.5 Å². The van der Waals surface area contributed by atoms with E-state index in [1.807, 2.05) is 6.92 Å². The average Bonchev–Trinajstić information content (AvgIpc) is 2.66. The van der Waals surface area contributed by atoms with Crippen LogP contribution in [0.1, 0.15) is 32.9 Å². The van der Waals surface area contributed by atoms with Crippen LogP contribution < -0.4 is 16.2 Å². The molecule has 2 aromatic heterocycles. The lowest BCUT2D eigenvalue weighted by atomic mass is 10.4. The number of fused-ring (bicyclic) bond motifs is 1. The number of imidazole rings is 1. The molecular formula is C11H17N5O3. The first-order chi connectivity index (χ1) is 9.04. The molecule has 104 valence electrons. The fourth-order valence-electron chi connectivity index (χ4n) is 1.72. The zero-order valence-electron chi connectivity index (χ0n) is 10.9. The quantitative estimate of drug-likeness (QED) is 0.674. The van der Waals surface area contributed by atoms with Crippen LogP contribution in [0.4, 0.5) is 5.82 Å². The van der Waals surface area contributed by atoms with Gasteiger partial charge in [-0.1, -0.05) is 13.3 Å². The number of rotatable bonds is 5. The molecular weight excluding hydrogens is 250 g/mol. The number of nitrogens with one attached hydrogen (secondary N) is 1. The van der Waals surface area contributed by atoms with Crippen LogP contribution in [0.2, 0.25) is 0 Å². The number of aromatic amines is 1. The Morgan fingerprint density at radius 1 is 1.53 bits per heavy atom. The van der Waals surface area contributed by atoms with Crippen LogP contribution in [0.3, 0.4) is 0 Å². The minimum atomic E-state index is -1.01. The second kappa shape index (κ2) is 5.27. The van der Waals surface area contributed by atoms with E-state index >= 15 is 0 Å². The predicted octanol–water partition coefficient (Wildman–Crippen LogP) is 0.392. The van der Waals surface area contributed by atoms with E-state index in [0.717, 1.165) is 17.4 Å². The Hall–Kier alpha value is -2.09. The van der Waals surface area contributed by atoms with Gasteiger partial charge in [-0.2, -0.15) is 9.97 Å². The van der Waals surface area contributed by atoms with Crippen LogP contribution in [0.15, 0.2) is 4.79 Å². The number of anilines is 1. The van der Waals surface area contributed by atoms with Gasteiger partial charge in [0.15, 0.2) is 11.5 Å². The van der Waals surface area contributed by atoms with Crippen LogP contribution in [-0.2, 0) is 0 Å². The molecule has 2 aromatic rings. The third-order valence-corrected chi connectivity index (χ3v) is 2.68. The number of nitrogen functional groups attached to an aromatic ring is 1. The Morgan fingerprint density at radius 2 is 2.26 bits per heavy atom. The summed E-state index contributed by atoms with van der Waals surface area (Å²) < 4.78 is 6.46. The predicted molar refractivity (Wildman–Crippen MR) is 69.9 cm³/mol. The molecule has 1 atom stereocenters. The highest BCUT2D eigenvalue weighted by molar-refractivity contribution is 5.81. The van der Waals surface area contributed by atoms with Gasteiger partial charge in [0, 0.05) is 0 Å². The van der Waals surface area contributed by atoms with Crippen molar-refractivity contribution >= 4 is 17.0 Å². The standard InChI is InChI=1S/C11H17N5O3/c1-3-4-5-19-10-14-8(12)7-9(15-10)16(6(2)17)11(18)13-7/h6,17H,3-5H2,1-2H3,(H,13,18)(H2,12,14,15). The van der Waals surface area contributed by atoms with E-state index in [4.69, 9.17) is 10.5 Å². The molecule has 0 spiro atoms. The summed E-state index contributed by atoms with van der Waals surface area (Å²) in [5.74, 6) is 0.119. The summed E-state index contributed by atoms with van der Waals surface area (Å²) in [6.07, 6.45) is 0.844. The van der Waals surface area contributed by atoms with Crippen LogP contribution in [0.5, 0.6) is 6.01 Å². The lowest BCUT2D eigenvalue weighted by Gasteiger charge is -2.07. The normalized spacial score (nSPS) is 12.8. The summed E-state index contributed by atoms with van der Waals surface area (Å²) in [7, 11) is 0. The van der Waals surface area contributed by atoms with E-state index in [1.54, 1.807) is 0 Å². The average molecular weight is 267 g/mol. The van der Waals surface area contributed by atoms with Crippen molar-refractivity contribution in [3.8, 4) is 6.01 Å². The minimum Gasteiger partial charge on any atom is -0.463 e. The molecule has 0 amide bonds. The summed E-state index contributed by atoms with van der Waals surface area (Å²) in [6.45, 7) is 3.98. The lowest BCUT2D eigenvalue weighted by Crippen LogP contribution is -2.20. The van der Waals surface area contributed by atoms with E-state index in [0.29, 0.717) is 12.1 Å². The summed E-state index contributed by atoms with van der Waals surface area (Å²) in [6, 6.07) is 0.104. The molecule has 19 heavy (non-hydrogen) atoms. The first-order valence-electron chi connectivity index (χ1n) is 6.13. The molecule has 1 unspecified atom stereocenters. The van der Waals surface area contributed by atoms with Crippen molar-refractivity contribution in [3.63, 3.8) is 0 Å². The second-order valence-corrected chi connectivity index (χ2v) is 4.22. The number of hydrogen-bond donors (Lipinski definition) is 3. The smallest absolute Gasteiger partial charge is 0.329 e. The number of H-pyrrole nitrogens is 1. The van der Waals surface area contributed by atoms with Gasteiger partial charge in [0.1, 0.15) is 11.7 Å². The molecule has 0 saturated heterocycles. The Balaban J connectivity index is 2.47. The maximum Gasteiger partial charge on any atom is 0.329 e. The van der Waals surface area contributed by atoms with E-state index in [1.165, 1.54) is 6.92 Å². The fraction of sp³-hybridized carbons (Fsp3) is 0.545. The third kappa shape index (κ3) is 2.53. The first-order valence-corrected chi connectivity index (χ1v) is 6.13. The van der Waals surface area contributed by atoms with E-state index < -0.39 is 11.9 Å². The minimum absolute atomic E-state index is 0.104. The van der Waals surface area contributed by atoms with Gasteiger partial charge in [0.2, 0.25) is 0 Å². The topological polar surface area (TPSA) is 119 Å². The number of nitrogens with two attached hydrogens (primary N) is 1. The van der Waals surface area contributed by atoms with E-state index in [9.17, 15) is 9.90 Å². The van der Waals surface area contributed by atoms with Gasteiger partial charge in [-0.05, 0) is 13.3 Å². The van der Waals surface area contributed by atoms with Crippen molar-refractivity contribution in [1.29, 1.82) is 0 Å². The molecule has 4 N–H and O–H groups in total. The Bertz CT molecular complexity index is 631. The summed E-state index contributed by atoms with van der Waals surface area (Å²) in [5, 5.41) is 9.59. The van der Waals surface area contributed by atoms with Gasteiger partial charge < -0.3 is 20.6 Å². The number of ether oxygens (including phenoxy) is 1. The van der Waals surface area contributed by atoms with Gasteiger partial charge in [0.05, 0.1) is 6.61 Å². The first kappa shape index (κ1) is 13.3. The number of aliphatic hydroxyl groups is 1. The number of hydrogen-bond acceptors (Lipinski definition) is 6. The highest BCUT2D eigenvalue weighted by atomic mass is 16.5. The molecule has 0 aliphatic heterocycles. The van der Waals surface area contributed by atoms with Crippen LogP contribution >= 0.6 is 0 Å². The highest BCUT2D eigenvalue weighted by Gasteiger charge is 2.16. The molecule has 2 rings (SSSR count). The van der Waals surface area contributed by atoms with Crippen molar-refractivity contribution < 1.29 is 9.84 Å². The van der Waals surface area contributed by atoms with Crippen LogP contribution in [0, 0.1) is 0 Å². The molecule has 0 saturated carbocycles. The van der Waals surface area contributed by atoms with Crippen LogP contribution in [-0.4, -0.2) is 31.2 Å². The Morgan fingerprint density at radius 3 is 2.89 bits per heavy atom. The van der Waals surface area contributed by atoms with Crippen molar-refractivity contribution in [1.82, 2.24) is 19.5 Å². The van der Waals surface area contributed by atoms with Gasteiger partial charge in [-0.3, -0.25) is 0 Å². The number of unbranched alkanes of at least 4 members (excludes halogenated alkanes) is 1. The lowest BCUT2D eigenvalue weighted by molar-refractivity contribution is 0.124. The molecule has 2 heterocycles. The van der Waals surface area contributed by atoms with E-state index in [-0.39, 0.29) is 17.5 Å². The number of aromatic nitrogens is 4. The number of aliphatic hydroxyl groups excluding tert-OH is 1. The van der Waals surface area contributed by atoms with Gasteiger partial charge in [-0.25, -0.2) is 9.36 Å². The summed E-state index contributed by atoms with van der Waals surface area (Å²) >= 11 is 0. The Kier molecular flexibility index (Phi) is 3.70. The molecule has 0 radical (unpaired) electrons. The van der Waals surface area contributed by atoms with Crippen molar-refractivity contribution in [2.45, 2.75) is 32.9 Å². The zero-order valence-corrected chi connectivity index (χ0v) is 10.9. The van der Waals surface area contributed by atoms with Crippen LogP contribution in [0.25, 0.3) is 11.2 Å². The fourth-order valence-corrected chi connectivity index (χ4v) is 1.72. The number of nitrogens with zero attached hydrogens (tertiary/aromatic N) is 3. The zero-order chi connectivity index (χ0) is 14.0. The summed E-state index contributed by atoms with van der Waals surface area (Å²) in [4.78, 5) is 22.3. The molecule has 0 aliphatic carbocycles. The molecule has 0 bridgehead atoms. The van der Waals surface area contributed by atoms with Gasteiger partial charge >= 0.3 is 11.7 Å². The highest BCUT2D eigenvalue weighted by Crippen LogP contribution is 2.19. The molecule has 8 heteroatoms. The maximum absolute atomic E-state index is 11.7. The molecule has 0 fully saturated rings. The van der Waals surface area contributed by atoms with Gasteiger partial charge in [0.25, 0.3) is 0 Å². The third-order valence-electron chi connectivity index (χ3n) is 2.68. The molecule has 0 aliphatic rings. The second-order valence-electron chi connectivity index (χ2n) is 4.22.